The lowest BCUT2D eigenvalue weighted by molar-refractivity contribution is 0.0303. The van der Waals surface area contributed by atoms with Crippen molar-refractivity contribution in [2.75, 3.05) is 43.0 Å². The van der Waals surface area contributed by atoms with Crippen LogP contribution < -0.4 is 9.62 Å². The van der Waals surface area contributed by atoms with E-state index in [1.54, 1.807) is 71.6 Å². The van der Waals surface area contributed by atoms with Crippen LogP contribution in [0.25, 0.3) is 11.1 Å². The van der Waals surface area contributed by atoms with Gasteiger partial charge < -0.3 is 15.0 Å². The summed E-state index contributed by atoms with van der Waals surface area (Å²) in [5, 5.41) is 2.86. The highest BCUT2D eigenvalue weighted by Crippen LogP contribution is 2.42. The largest absolute Gasteiger partial charge is 0.378 e. The van der Waals surface area contributed by atoms with Gasteiger partial charge in [0.15, 0.2) is 0 Å². The molecular formula is C25H23N3O5S. The molecule has 0 radical (unpaired) electrons. The quantitative estimate of drug-likeness (QED) is 0.625. The Balaban J connectivity index is 1.47. The van der Waals surface area contributed by atoms with Gasteiger partial charge in [-0.25, -0.2) is 8.42 Å². The van der Waals surface area contributed by atoms with Crippen molar-refractivity contribution >= 4 is 33.2 Å². The molecule has 2 amide bonds. The van der Waals surface area contributed by atoms with E-state index in [0.29, 0.717) is 59.9 Å². The number of sulfonamides is 1. The Morgan fingerprint density at radius 2 is 1.62 bits per heavy atom. The fourth-order valence-corrected chi connectivity index (χ4v) is 5.69. The highest BCUT2D eigenvalue weighted by atomic mass is 32.2. The minimum atomic E-state index is -3.66. The number of carbonyl (C=O) groups is 2. The highest BCUT2D eigenvalue weighted by Gasteiger charge is 2.32. The van der Waals surface area contributed by atoms with Gasteiger partial charge in [-0.2, -0.15) is 0 Å². The van der Waals surface area contributed by atoms with Gasteiger partial charge in [0.2, 0.25) is 0 Å². The van der Waals surface area contributed by atoms with E-state index in [9.17, 15) is 18.0 Å². The number of fused-ring (bicyclic) bond motifs is 3. The molecule has 0 spiro atoms. The summed E-state index contributed by atoms with van der Waals surface area (Å²) in [6.07, 6.45) is 0. The molecule has 3 aromatic rings. The zero-order valence-corrected chi connectivity index (χ0v) is 19.3. The van der Waals surface area contributed by atoms with E-state index >= 15 is 0 Å². The van der Waals surface area contributed by atoms with Gasteiger partial charge in [0.05, 0.1) is 35.0 Å². The Kier molecular flexibility index (Phi) is 5.59. The van der Waals surface area contributed by atoms with E-state index in [0.717, 1.165) is 0 Å². The summed E-state index contributed by atoms with van der Waals surface area (Å²) in [5.41, 5.74) is 2.88. The first kappa shape index (κ1) is 22.1. The first-order chi connectivity index (χ1) is 16.4. The van der Waals surface area contributed by atoms with Gasteiger partial charge >= 0.3 is 0 Å². The molecule has 0 aliphatic carbocycles. The lowest BCUT2D eigenvalue weighted by Crippen LogP contribution is -2.41. The number of nitrogens with zero attached hydrogens (tertiary/aromatic N) is 2. The first-order valence-corrected chi connectivity index (χ1v) is 12.3. The van der Waals surface area contributed by atoms with Crippen LogP contribution in [0, 0.1) is 0 Å². The highest BCUT2D eigenvalue weighted by molar-refractivity contribution is 7.93. The van der Waals surface area contributed by atoms with E-state index in [4.69, 9.17) is 4.74 Å². The van der Waals surface area contributed by atoms with Crippen molar-refractivity contribution in [2.45, 2.75) is 4.90 Å². The molecular weight excluding hydrogens is 454 g/mol. The Morgan fingerprint density at radius 3 is 2.41 bits per heavy atom. The van der Waals surface area contributed by atoms with Crippen molar-refractivity contribution in [3.05, 3.63) is 77.9 Å². The molecule has 0 aromatic heterocycles. The molecule has 2 aliphatic rings. The normalized spacial score (nSPS) is 16.4. The monoisotopic (exact) mass is 477 g/mol. The molecule has 1 fully saturated rings. The van der Waals surface area contributed by atoms with E-state index in [2.05, 4.69) is 5.32 Å². The molecule has 0 atom stereocenters. The third kappa shape index (κ3) is 3.72. The zero-order chi connectivity index (χ0) is 23.9. The minimum Gasteiger partial charge on any atom is -0.378 e. The van der Waals surface area contributed by atoms with Crippen LogP contribution in [-0.4, -0.2) is 58.5 Å². The maximum Gasteiger partial charge on any atom is 0.264 e. The van der Waals surface area contributed by atoms with Gasteiger partial charge in [0.25, 0.3) is 21.8 Å². The lowest BCUT2D eigenvalue weighted by atomic mass is 10.00. The van der Waals surface area contributed by atoms with Crippen molar-refractivity contribution in [3.8, 4) is 11.1 Å². The molecule has 9 heteroatoms. The van der Waals surface area contributed by atoms with Crippen LogP contribution in [-0.2, 0) is 14.8 Å². The maximum atomic E-state index is 13.2. The summed E-state index contributed by atoms with van der Waals surface area (Å²) in [4.78, 5) is 28.1. The summed E-state index contributed by atoms with van der Waals surface area (Å²) in [6.45, 7) is 1.98. The number of ether oxygens (including phenoxy) is 1. The second-order valence-corrected chi connectivity index (χ2v) is 10.0. The molecule has 0 unspecified atom stereocenters. The first-order valence-electron chi connectivity index (χ1n) is 10.9. The fraction of sp³-hybridized carbons (Fsp3) is 0.200. The average Bonchev–Trinajstić information content (AvgIpc) is 2.87. The van der Waals surface area contributed by atoms with Crippen LogP contribution in [0.4, 0.5) is 11.4 Å². The number of hydrogen-bond donors (Lipinski definition) is 1. The molecule has 1 N–H and O–H groups in total. The third-order valence-electron chi connectivity index (χ3n) is 6.12. The number of para-hydroxylation sites is 1. The molecule has 174 valence electrons. The third-order valence-corrected chi connectivity index (χ3v) is 7.95. The molecule has 3 aromatic carbocycles. The SMILES string of the molecule is CN1c2ccc(C(=O)Nc3ccccc3C(=O)N3CCOCC3)cc2-c2ccccc2S1(=O)=O. The van der Waals surface area contributed by atoms with E-state index < -0.39 is 15.9 Å². The Labute approximate surface area is 197 Å². The fourth-order valence-electron chi connectivity index (χ4n) is 4.27. The van der Waals surface area contributed by atoms with Crippen LogP contribution in [0.1, 0.15) is 20.7 Å². The van der Waals surface area contributed by atoms with Crippen LogP contribution in [0.3, 0.4) is 0 Å². The van der Waals surface area contributed by atoms with Crippen molar-refractivity contribution in [2.24, 2.45) is 0 Å². The number of hydrogen-bond acceptors (Lipinski definition) is 5. The maximum absolute atomic E-state index is 13.2. The molecule has 1 saturated heterocycles. The Hall–Kier alpha value is -3.69. The lowest BCUT2D eigenvalue weighted by Gasteiger charge is -2.29. The van der Waals surface area contributed by atoms with Crippen molar-refractivity contribution < 1.29 is 22.7 Å². The molecule has 0 bridgehead atoms. The van der Waals surface area contributed by atoms with Crippen LogP contribution in [0.15, 0.2) is 71.6 Å². The van der Waals surface area contributed by atoms with Crippen molar-refractivity contribution in [1.82, 2.24) is 4.90 Å². The van der Waals surface area contributed by atoms with Crippen LogP contribution in [0.5, 0.6) is 0 Å². The second kappa shape index (κ2) is 8.58. The van der Waals surface area contributed by atoms with E-state index in [-0.39, 0.29) is 10.8 Å². The van der Waals surface area contributed by atoms with Crippen molar-refractivity contribution in [1.29, 1.82) is 0 Å². The van der Waals surface area contributed by atoms with Gasteiger partial charge in [0.1, 0.15) is 0 Å². The van der Waals surface area contributed by atoms with Gasteiger partial charge in [-0.05, 0) is 36.4 Å². The molecule has 8 nitrogen and oxygen atoms in total. The minimum absolute atomic E-state index is 0.162. The molecule has 2 heterocycles. The number of nitrogens with one attached hydrogen (secondary N) is 1. The number of morpholine rings is 1. The zero-order valence-electron chi connectivity index (χ0n) is 18.5. The Bertz CT molecular complexity index is 1400. The number of benzene rings is 3. The van der Waals surface area contributed by atoms with Gasteiger partial charge in [0, 0.05) is 36.8 Å². The topological polar surface area (TPSA) is 96.0 Å². The Morgan fingerprint density at radius 1 is 0.912 bits per heavy atom. The smallest absolute Gasteiger partial charge is 0.264 e. The summed E-state index contributed by atoms with van der Waals surface area (Å²) >= 11 is 0. The van der Waals surface area contributed by atoms with Gasteiger partial charge in [-0.3, -0.25) is 13.9 Å². The second-order valence-electron chi connectivity index (χ2n) is 8.10. The van der Waals surface area contributed by atoms with Gasteiger partial charge in [-0.15, -0.1) is 0 Å². The predicted molar refractivity (Wildman–Crippen MR) is 129 cm³/mol. The summed E-state index contributed by atoms with van der Waals surface area (Å²) in [5.74, 6) is -0.552. The average molecular weight is 478 g/mol. The molecule has 5 rings (SSSR count). The van der Waals surface area contributed by atoms with E-state index in [1.165, 1.54) is 11.4 Å². The number of amides is 2. The summed E-state index contributed by atoms with van der Waals surface area (Å²) in [6, 6.07) is 18.5. The summed E-state index contributed by atoms with van der Waals surface area (Å²) in [7, 11) is -2.16. The standard InChI is InChI=1S/C25H23N3O5S/c1-27-22-11-10-17(16-20(22)18-6-3-5-9-23(18)34(27,31)32)24(29)26-21-8-4-2-7-19(21)25(30)28-12-14-33-15-13-28/h2-11,16H,12-15H2,1H3,(H,26,29). The summed E-state index contributed by atoms with van der Waals surface area (Å²) < 4.78 is 32.3. The molecule has 34 heavy (non-hydrogen) atoms. The number of rotatable bonds is 3. The van der Waals surface area contributed by atoms with Crippen LogP contribution in [0.2, 0.25) is 0 Å². The molecule has 0 saturated carbocycles. The number of anilines is 2. The number of carbonyl (C=O) groups excluding carboxylic acids is 2. The van der Waals surface area contributed by atoms with Gasteiger partial charge in [-0.1, -0.05) is 30.3 Å². The predicted octanol–water partition coefficient (Wildman–Crippen LogP) is 3.22. The van der Waals surface area contributed by atoms with E-state index in [1.807, 2.05) is 0 Å². The van der Waals surface area contributed by atoms with Crippen LogP contribution >= 0.6 is 0 Å². The van der Waals surface area contributed by atoms with Crippen molar-refractivity contribution in [3.63, 3.8) is 0 Å². The molecule has 2 aliphatic heterocycles.